The first-order valence-electron chi connectivity index (χ1n) is 7.43. The maximum Gasteiger partial charge on any atom is 0.00982 e. The summed E-state index contributed by atoms with van der Waals surface area (Å²) in [5.41, 5.74) is 0. The van der Waals surface area contributed by atoms with Crippen LogP contribution >= 0.6 is 0 Å². The Kier molecular flexibility index (Phi) is 10.1. The molecule has 0 spiro atoms. The summed E-state index contributed by atoms with van der Waals surface area (Å²) in [6.07, 6.45) is 8.22. The smallest absolute Gasteiger partial charge is 0.00982 e. The quantitative estimate of drug-likeness (QED) is 0.657. The van der Waals surface area contributed by atoms with Gasteiger partial charge >= 0.3 is 0 Å². The van der Waals surface area contributed by atoms with Gasteiger partial charge in [-0.15, -0.1) is 0 Å². The molecule has 0 aliphatic carbocycles. The highest BCUT2D eigenvalue weighted by Gasteiger charge is 2.24. The lowest BCUT2D eigenvalue weighted by molar-refractivity contribution is 0.221. The average molecular weight is 227 g/mol. The summed E-state index contributed by atoms with van der Waals surface area (Å²) in [5.74, 6) is 0.919. The Morgan fingerprint density at radius 3 is 2.31 bits per heavy atom. The van der Waals surface area contributed by atoms with Crippen LogP contribution in [0.1, 0.15) is 73.1 Å². The molecule has 1 saturated heterocycles. The van der Waals surface area contributed by atoms with Crippen LogP contribution in [0.3, 0.4) is 0 Å². The first-order valence-corrected chi connectivity index (χ1v) is 7.43. The van der Waals surface area contributed by atoms with Gasteiger partial charge in [-0.1, -0.05) is 47.5 Å². The number of nitrogens with zero attached hydrogens (tertiary/aromatic N) is 1. The molecule has 16 heavy (non-hydrogen) atoms. The lowest BCUT2D eigenvalue weighted by Crippen LogP contribution is -2.31. The van der Waals surface area contributed by atoms with Crippen molar-refractivity contribution >= 4 is 0 Å². The van der Waals surface area contributed by atoms with Crippen LogP contribution in [-0.2, 0) is 0 Å². The van der Waals surface area contributed by atoms with Gasteiger partial charge in [0.2, 0.25) is 0 Å². The summed E-state index contributed by atoms with van der Waals surface area (Å²) < 4.78 is 0. The van der Waals surface area contributed by atoms with E-state index in [0.717, 1.165) is 12.0 Å². The summed E-state index contributed by atoms with van der Waals surface area (Å²) in [7, 11) is 0. The Balaban J connectivity index is 0.000000673. The van der Waals surface area contributed by atoms with E-state index in [1.807, 2.05) is 0 Å². The van der Waals surface area contributed by atoms with Gasteiger partial charge in [0.05, 0.1) is 0 Å². The molecular weight excluding hydrogens is 194 g/mol. The van der Waals surface area contributed by atoms with Crippen molar-refractivity contribution in [3.05, 3.63) is 0 Å². The molecule has 0 bridgehead atoms. The molecular formula is C15H33N. The largest absolute Gasteiger partial charge is 0.300 e. The monoisotopic (exact) mass is 227 g/mol. The van der Waals surface area contributed by atoms with Crippen LogP contribution < -0.4 is 0 Å². The summed E-state index contributed by atoms with van der Waals surface area (Å²) in [6, 6.07) is 0.912. The maximum atomic E-state index is 2.70. The van der Waals surface area contributed by atoms with Crippen molar-refractivity contribution in [2.24, 2.45) is 5.92 Å². The molecule has 0 aromatic rings. The van der Waals surface area contributed by atoms with Crippen molar-refractivity contribution in [1.82, 2.24) is 4.90 Å². The SMILES string of the molecule is CCC.CCCN1CCCC1CC(C)CC. The van der Waals surface area contributed by atoms with Gasteiger partial charge in [-0.25, -0.2) is 0 Å². The van der Waals surface area contributed by atoms with Crippen LogP contribution in [0.15, 0.2) is 0 Å². The van der Waals surface area contributed by atoms with Crippen LogP contribution in [-0.4, -0.2) is 24.0 Å². The van der Waals surface area contributed by atoms with Gasteiger partial charge in [0.1, 0.15) is 0 Å². The molecule has 0 aromatic heterocycles. The Hall–Kier alpha value is -0.0400. The normalized spacial score (nSPS) is 22.7. The zero-order valence-corrected chi connectivity index (χ0v) is 12.3. The van der Waals surface area contributed by atoms with E-state index in [2.05, 4.69) is 39.5 Å². The summed E-state index contributed by atoms with van der Waals surface area (Å²) >= 11 is 0. The first-order chi connectivity index (χ1) is 7.69. The molecule has 1 rings (SSSR count). The molecule has 2 atom stereocenters. The molecule has 0 saturated carbocycles. The van der Waals surface area contributed by atoms with Gasteiger partial charge < -0.3 is 4.90 Å². The minimum Gasteiger partial charge on any atom is -0.300 e. The lowest BCUT2D eigenvalue weighted by atomic mass is 9.98. The van der Waals surface area contributed by atoms with E-state index in [1.165, 1.54) is 51.6 Å². The molecule has 0 radical (unpaired) electrons. The molecule has 1 heterocycles. The highest BCUT2D eigenvalue weighted by atomic mass is 15.2. The predicted molar refractivity (Wildman–Crippen MR) is 74.9 cm³/mol. The van der Waals surface area contributed by atoms with E-state index < -0.39 is 0 Å². The Morgan fingerprint density at radius 2 is 1.81 bits per heavy atom. The van der Waals surface area contributed by atoms with Crippen molar-refractivity contribution in [3.8, 4) is 0 Å². The van der Waals surface area contributed by atoms with Gasteiger partial charge in [0.25, 0.3) is 0 Å². The zero-order valence-electron chi connectivity index (χ0n) is 12.3. The minimum absolute atomic E-state index is 0.912. The standard InChI is InChI=1S/C12H25N.C3H8/c1-4-8-13-9-6-7-12(13)10-11(3)5-2;1-3-2/h11-12H,4-10H2,1-3H3;3H2,1-2H3. The van der Waals surface area contributed by atoms with Gasteiger partial charge in [-0.2, -0.15) is 0 Å². The van der Waals surface area contributed by atoms with Crippen molar-refractivity contribution in [1.29, 1.82) is 0 Å². The minimum atomic E-state index is 0.912. The van der Waals surface area contributed by atoms with E-state index in [9.17, 15) is 0 Å². The third-order valence-electron chi connectivity index (χ3n) is 3.38. The first kappa shape index (κ1) is 16.0. The van der Waals surface area contributed by atoms with Crippen LogP contribution in [0.4, 0.5) is 0 Å². The van der Waals surface area contributed by atoms with Gasteiger partial charge in [0, 0.05) is 6.04 Å². The second-order valence-electron chi connectivity index (χ2n) is 5.29. The fourth-order valence-electron chi connectivity index (χ4n) is 2.37. The molecule has 1 aliphatic heterocycles. The topological polar surface area (TPSA) is 3.24 Å². The van der Waals surface area contributed by atoms with Gasteiger partial charge in [-0.3, -0.25) is 0 Å². The van der Waals surface area contributed by atoms with Gasteiger partial charge in [-0.05, 0) is 44.7 Å². The van der Waals surface area contributed by atoms with E-state index in [4.69, 9.17) is 0 Å². The Labute approximate surface area is 104 Å². The van der Waals surface area contributed by atoms with Crippen LogP contribution in [0.5, 0.6) is 0 Å². The zero-order chi connectivity index (χ0) is 12.4. The molecule has 1 aliphatic rings. The van der Waals surface area contributed by atoms with Crippen LogP contribution in [0, 0.1) is 5.92 Å². The molecule has 0 N–H and O–H groups in total. The number of hydrogen-bond donors (Lipinski definition) is 0. The highest BCUT2D eigenvalue weighted by molar-refractivity contribution is 4.79. The van der Waals surface area contributed by atoms with E-state index in [0.29, 0.717) is 0 Å². The molecule has 2 unspecified atom stereocenters. The van der Waals surface area contributed by atoms with Crippen molar-refractivity contribution in [2.75, 3.05) is 13.1 Å². The lowest BCUT2D eigenvalue weighted by Gasteiger charge is -2.25. The highest BCUT2D eigenvalue weighted by Crippen LogP contribution is 2.24. The fourth-order valence-corrected chi connectivity index (χ4v) is 2.37. The second kappa shape index (κ2) is 10.1. The van der Waals surface area contributed by atoms with Gasteiger partial charge in [0.15, 0.2) is 0 Å². The van der Waals surface area contributed by atoms with Crippen molar-refractivity contribution < 1.29 is 0 Å². The maximum absolute atomic E-state index is 2.70. The Bertz CT molecular complexity index is 144. The summed E-state index contributed by atoms with van der Waals surface area (Å²) in [5, 5.41) is 0. The van der Waals surface area contributed by atoms with Crippen LogP contribution in [0.25, 0.3) is 0 Å². The van der Waals surface area contributed by atoms with Crippen molar-refractivity contribution in [3.63, 3.8) is 0 Å². The number of likely N-dealkylation sites (tertiary alicyclic amines) is 1. The van der Waals surface area contributed by atoms with E-state index in [-0.39, 0.29) is 0 Å². The number of rotatable bonds is 5. The van der Waals surface area contributed by atoms with E-state index >= 15 is 0 Å². The molecule has 1 fully saturated rings. The molecule has 0 amide bonds. The summed E-state index contributed by atoms with van der Waals surface area (Å²) in [6.45, 7) is 13.9. The molecule has 1 nitrogen and oxygen atoms in total. The Morgan fingerprint density at radius 1 is 1.19 bits per heavy atom. The predicted octanol–water partition coefficient (Wildman–Crippen LogP) is 4.71. The molecule has 98 valence electrons. The number of hydrogen-bond acceptors (Lipinski definition) is 1. The van der Waals surface area contributed by atoms with Crippen molar-refractivity contribution in [2.45, 2.75) is 79.2 Å². The molecule has 0 aromatic carbocycles. The third kappa shape index (κ3) is 6.52. The third-order valence-corrected chi connectivity index (χ3v) is 3.38. The van der Waals surface area contributed by atoms with Crippen LogP contribution in [0.2, 0.25) is 0 Å². The second-order valence-corrected chi connectivity index (χ2v) is 5.29. The summed E-state index contributed by atoms with van der Waals surface area (Å²) in [4.78, 5) is 2.70. The van der Waals surface area contributed by atoms with E-state index in [1.54, 1.807) is 0 Å². The molecule has 1 heteroatoms. The average Bonchev–Trinajstić information content (AvgIpc) is 2.67. The fraction of sp³-hybridized carbons (Fsp3) is 1.00.